The molecule has 0 radical (unpaired) electrons. The quantitative estimate of drug-likeness (QED) is 0.0687. The van der Waals surface area contributed by atoms with Crippen LogP contribution in [0, 0.1) is 11.8 Å². The number of carbonyl (C=O) groups is 3. The molecule has 1 saturated carbocycles. The predicted molar refractivity (Wildman–Crippen MR) is 293 cm³/mol. The summed E-state index contributed by atoms with van der Waals surface area (Å²) in [4.78, 5) is 44.2. The summed E-state index contributed by atoms with van der Waals surface area (Å²) in [5.74, 6) is 2.23. The molecule has 0 bridgehead atoms. The Balaban J connectivity index is 0.980. The first kappa shape index (κ1) is 50.0. The van der Waals surface area contributed by atoms with E-state index in [4.69, 9.17) is 18.9 Å². The van der Waals surface area contributed by atoms with Crippen LogP contribution in [0.3, 0.4) is 0 Å². The normalized spacial score (nSPS) is 21.0. The van der Waals surface area contributed by atoms with Crippen LogP contribution in [0.2, 0.25) is 0 Å². The van der Waals surface area contributed by atoms with Crippen LogP contribution in [0.4, 0.5) is 11.4 Å². The van der Waals surface area contributed by atoms with Crippen LogP contribution >= 0.6 is 0 Å². The number of piperidine rings is 1. The Kier molecular flexibility index (Phi) is 13.7. The first-order valence-electron chi connectivity index (χ1n) is 26.7. The van der Waals surface area contributed by atoms with Gasteiger partial charge in [0.05, 0.1) is 19.2 Å². The van der Waals surface area contributed by atoms with E-state index in [1.165, 1.54) is 71.0 Å². The standard InChI is InChI=1S/C63H73N3O7/c1-39(2)61(69)72-32-31-71-56(68)26-25-55(67)66-30-29-64(37-40(66)3)46-22-19-42(20-23-46)48-34-51-58-57(47-24-21-45(62(4,5)6)33-52(47)63(58,7)8)49-35-53(65-28-27-41-15-13-14-18-44(41)38-65)54(70-9)36-50(49)60(51)73-59(48)43-16-11-10-12-17-43/h10-12,16-17,19-24,33-36,40-41,44,59H,1,13-15,18,25-32,37-38H2,2-9H3. The number of amides is 1. The van der Waals surface area contributed by atoms with E-state index in [1.54, 1.807) is 6.92 Å². The van der Waals surface area contributed by atoms with E-state index in [1.807, 2.05) is 12.0 Å². The molecule has 382 valence electrons. The van der Waals surface area contributed by atoms with Gasteiger partial charge < -0.3 is 33.6 Å². The molecule has 1 amide bonds. The second-order valence-electron chi connectivity index (χ2n) is 22.8. The molecule has 10 heteroatoms. The van der Waals surface area contributed by atoms with Gasteiger partial charge in [-0.25, -0.2) is 4.79 Å². The maximum Gasteiger partial charge on any atom is 0.333 e. The van der Waals surface area contributed by atoms with E-state index in [9.17, 15) is 14.4 Å². The smallest absolute Gasteiger partial charge is 0.333 e. The zero-order valence-electron chi connectivity index (χ0n) is 44.3. The lowest BCUT2D eigenvalue weighted by atomic mass is 9.75. The monoisotopic (exact) mass is 984 g/mol. The molecule has 10 nitrogen and oxygen atoms in total. The Bertz CT molecular complexity index is 2990. The third-order valence-electron chi connectivity index (χ3n) is 16.6. The lowest BCUT2D eigenvalue weighted by molar-refractivity contribution is -0.151. The van der Waals surface area contributed by atoms with Gasteiger partial charge in [-0.15, -0.1) is 0 Å². The number of methoxy groups -OCH3 is 1. The molecule has 5 aliphatic rings. The first-order chi connectivity index (χ1) is 35.0. The van der Waals surface area contributed by atoms with Crippen LogP contribution in [-0.4, -0.2) is 81.8 Å². The fourth-order valence-electron chi connectivity index (χ4n) is 12.6. The number of carbonyl (C=O) groups excluding carboxylic acids is 3. The van der Waals surface area contributed by atoms with Gasteiger partial charge in [0, 0.05) is 78.4 Å². The highest BCUT2D eigenvalue weighted by atomic mass is 16.6. The molecule has 4 unspecified atom stereocenters. The van der Waals surface area contributed by atoms with Gasteiger partial charge in [0.25, 0.3) is 0 Å². The van der Waals surface area contributed by atoms with Crippen molar-refractivity contribution in [3.63, 3.8) is 0 Å². The van der Waals surface area contributed by atoms with Gasteiger partial charge in [0.2, 0.25) is 5.91 Å². The average Bonchev–Trinajstić information content (AvgIpc) is 3.63. The number of anilines is 2. The molecule has 5 aromatic carbocycles. The van der Waals surface area contributed by atoms with Gasteiger partial charge >= 0.3 is 11.9 Å². The third kappa shape index (κ3) is 9.63. The zero-order valence-corrected chi connectivity index (χ0v) is 44.3. The summed E-state index contributed by atoms with van der Waals surface area (Å²) in [7, 11) is 1.82. The maximum absolute atomic E-state index is 13.4. The van der Waals surface area contributed by atoms with Gasteiger partial charge in [-0.3, -0.25) is 9.59 Å². The molecule has 73 heavy (non-hydrogen) atoms. The van der Waals surface area contributed by atoms with Gasteiger partial charge in [0.1, 0.15) is 30.8 Å². The molecule has 3 aliphatic heterocycles. The Morgan fingerprint density at radius 2 is 1.55 bits per heavy atom. The Morgan fingerprint density at radius 3 is 2.26 bits per heavy atom. The molecule has 2 aliphatic carbocycles. The lowest BCUT2D eigenvalue weighted by Crippen LogP contribution is -2.54. The van der Waals surface area contributed by atoms with Crippen LogP contribution < -0.4 is 19.3 Å². The van der Waals surface area contributed by atoms with E-state index in [0.717, 1.165) is 69.8 Å². The summed E-state index contributed by atoms with van der Waals surface area (Å²) in [6.45, 7) is 22.7. The molecular formula is C63H73N3O7. The van der Waals surface area contributed by atoms with Crippen LogP contribution in [-0.2, 0) is 34.7 Å². The predicted octanol–water partition coefficient (Wildman–Crippen LogP) is 12.6. The highest BCUT2D eigenvalue weighted by molar-refractivity contribution is 6.11. The van der Waals surface area contributed by atoms with E-state index >= 15 is 0 Å². The van der Waals surface area contributed by atoms with Crippen molar-refractivity contribution in [3.8, 4) is 22.6 Å². The van der Waals surface area contributed by atoms with Crippen molar-refractivity contribution >= 4 is 51.6 Å². The van der Waals surface area contributed by atoms with Crippen molar-refractivity contribution in [2.75, 3.05) is 62.8 Å². The molecule has 3 heterocycles. The Labute approximate surface area is 432 Å². The summed E-state index contributed by atoms with van der Waals surface area (Å²) < 4.78 is 24.1. The number of piperazine rings is 1. The molecule has 0 N–H and O–H groups in total. The minimum Gasteiger partial charge on any atom is -0.495 e. The molecule has 4 atom stereocenters. The minimum atomic E-state index is -0.531. The number of hydrogen-bond donors (Lipinski definition) is 0. The van der Waals surface area contributed by atoms with Crippen molar-refractivity contribution in [2.45, 2.75) is 116 Å². The van der Waals surface area contributed by atoms with E-state index in [2.05, 4.69) is 149 Å². The number of fused-ring (bicyclic) bond motifs is 9. The Morgan fingerprint density at radius 1 is 0.808 bits per heavy atom. The fourth-order valence-corrected chi connectivity index (χ4v) is 12.6. The maximum atomic E-state index is 13.4. The lowest BCUT2D eigenvalue weighted by Gasteiger charge is -2.42. The summed E-state index contributed by atoms with van der Waals surface area (Å²) >= 11 is 0. The van der Waals surface area contributed by atoms with Gasteiger partial charge in [-0.05, 0) is 119 Å². The molecule has 10 rings (SSSR count). The van der Waals surface area contributed by atoms with Gasteiger partial charge in [-0.1, -0.05) is 121 Å². The first-order valence-corrected chi connectivity index (χ1v) is 26.7. The van der Waals surface area contributed by atoms with Gasteiger partial charge in [0.15, 0.2) is 0 Å². The largest absolute Gasteiger partial charge is 0.495 e. The van der Waals surface area contributed by atoms with Crippen molar-refractivity contribution in [1.82, 2.24) is 4.90 Å². The summed E-state index contributed by atoms with van der Waals surface area (Å²) in [6.07, 6.45) is 8.68. The highest BCUT2D eigenvalue weighted by Crippen LogP contribution is 2.60. The molecule has 2 saturated heterocycles. The molecule has 0 spiro atoms. The summed E-state index contributed by atoms with van der Waals surface area (Å²) in [5.41, 5.74) is 13.2. The second-order valence-corrected chi connectivity index (χ2v) is 22.8. The minimum absolute atomic E-state index is 0.00823. The number of benzene rings is 5. The van der Waals surface area contributed by atoms with Gasteiger partial charge in [-0.2, -0.15) is 0 Å². The van der Waals surface area contributed by atoms with Crippen LogP contribution in [0.1, 0.15) is 133 Å². The van der Waals surface area contributed by atoms with Crippen LogP contribution in [0.5, 0.6) is 11.5 Å². The average molecular weight is 984 g/mol. The van der Waals surface area contributed by atoms with Crippen molar-refractivity contribution in [3.05, 3.63) is 130 Å². The van der Waals surface area contributed by atoms with E-state index in [0.29, 0.717) is 19.6 Å². The van der Waals surface area contributed by atoms with E-state index < -0.39 is 11.9 Å². The summed E-state index contributed by atoms with van der Waals surface area (Å²) in [5, 5.41) is 2.29. The Hall–Kier alpha value is -6.55. The van der Waals surface area contributed by atoms with Crippen LogP contribution in [0.15, 0.2) is 97.1 Å². The second kappa shape index (κ2) is 20.0. The molecule has 5 aromatic rings. The number of hydrogen-bond acceptors (Lipinski definition) is 9. The number of ether oxygens (including phenoxy) is 4. The number of rotatable bonds is 12. The molecule has 3 fully saturated rings. The molecule has 0 aromatic heterocycles. The number of nitrogens with zero attached hydrogens (tertiary/aromatic N) is 3. The van der Waals surface area contributed by atoms with E-state index in [-0.39, 0.29) is 60.5 Å². The molecular weight excluding hydrogens is 911 g/mol. The zero-order chi connectivity index (χ0) is 51.3. The van der Waals surface area contributed by atoms with Crippen molar-refractivity contribution in [2.24, 2.45) is 11.8 Å². The summed E-state index contributed by atoms with van der Waals surface area (Å²) in [6, 6.07) is 31.3. The van der Waals surface area contributed by atoms with Crippen molar-refractivity contribution in [1.29, 1.82) is 0 Å². The number of esters is 2. The van der Waals surface area contributed by atoms with Crippen LogP contribution in [0.25, 0.3) is 33.5 Å². The highest BCUT2D eigenvalue weighted by Gasteiger charge is 2.43. The topological polar surface area (TPSA) is 97.8 Å². The fraction of sp³-hybridized carbons (Fsp3) is 0.444. The third-order valence-corrected chi connectivity index (χ3v) is 16.6. The SMILES string of the molecule is C=C(C)C(=O)OCCOC(=O)CCC(=O)N1CCN(c2ccc(C3=Cc4c5c(c6cc(N7CCC8CCCCC8C7)c(OC)cc6c4OC3c3ccccc3)-c3ccc(C(C)(C)C)cc3C5(C)C)cc2)CC1C. The van der Waals surface area contributed by atoms with Crippen molar-refractivity contribution < 1.29 is 33.3 Å².